The molecule has 0 bridgehead atoms. The summed E-state index contributed by atoms with van der Waals surface area (Å²) in [4.78, 5) is 0. The molecule has 0 saturated heterocycles. The molecule has 0 saturated carbocycles. The summed E-state index contributed by atoms with van der Waals surface area (Å²) in [6.45, 7) is 10.2. The monoisotopic (exact) mass is 205 g/mol. The van der Waals surface area contributed by atoms with Crippen molar-refractivity contribution >= 4 is 0 Å². The summed E-state index contributed by atoms with van der Waals surface area (Å²) in [7, 11) is 0. The van der Waals surface area contributed by atoms with E-state index in [1.807, 2.05) is 39.0 Å². The molecule has 0 aliphatic heterocycles. The molecule has 2 nitrogen and oxygen atoms in total. The van der Waals surface area contributed by atoms with Crippen LogP contribution in [0.2, 0.25) is 0 Å². The van der Waals surface area contributed by atoms with Gasteiger partial charge < -0.3 is 9.47 Å². The van der Waals surface area contributed by atoms with Gasteiger partial charge in [0.15, 0.2) is 0 Å². The molecular formula is C13H17O2. The summed E-state index contributed by atoms with van der Waals surface area (Å²) in [5, 5.41) is 0. The van der Waals surface area contributed by atoms with E-state index < -0.39 is 0 Å². The zero-order chi connectivity index (χ0) is 11.3. The van der Waals surface area contributed by atoms with Gasteiger partial charge in [-0.3, -0.25) is 0 Å². The molecule has 0 aliphatic carbocycles. The minimum atomic E-state index is 0.148. The Labute approximate surface area is 91.5 Å². The number of benzene rings is 1. The van der Waals surface area contributed by atoms with Gasteiger partial charge in [0.2, 0.25) is 0 Å². The first-order valence-corrected chi connectivity index (χ1v) is 5.14. The topological polar surface area (TPSA) is 18.5 Å². The molecule has 0 fully saturated rings. The predicted molar refractivity (Wildman–Crippen MR) is 61.3 cm³/mol. The lowest BCUT2D eigenvalue weighted by Gasteiger charge is -2.13. The van der Waals surface area contributed by atoms with Crippen LogP contribution in [-0.4, -0.2) is 12.7 Å². The second kappa shape index (κ2) is 5.44. The van der Waals surface area contributed by atoms with E-state index in [1.165, 1.54) is 0 Å². The molecule has 0 amide bonds. The predicted octanol–water partition coefficient (Wildman–Crippen LogP) is 3.21. The summed E-state index contributed by atoms with van der Waals surface area (Å²) >= 11 is 0. The molecule has 15 heavy (non-hydrogen) atoms. The highest BCUT2D eigenvalue weighted by atomic mass is 16.5. The van der Waals surface area contributed by atoms with Gasteiger partial charge in [-0.2, -0.15) is 0 Å². The fourth-order valence-corrected chi connectivity index (χ4v) is 1.26. The lowest BCUT2D eigenvalue weighted by atomic mass is 10.2. The highest BCUT2D eigenvalue weighted by molar-refractivity contribution is 5.43. The van der Waals surface area contributed by atoms with Crippen molar-refractivity contribution in [3.05, 3.63) is 36.4 Å². The lowest BCUT2D eigenvalue weighted by molar-refractivity contribution is 0.240. The first-order chi connectivity index (χ1) is 7.17. The van der Waals surface area contributed by atoms with Crippen molar-refractivity contribution in [1.82, 2.24) is 0 Å². The van der Waals surface area contributed by atoms with Crippen LogP contribution in [0.4, 0.5) is 0 Å². The van der Waals surface area contributed by atoms with Crippen LogP contribution in [0.15, 0.2) is 24.8 Å². The van der Waals surface area contributed by atoms with E-state index in [1.54, 1.807) is 0 Å². The van der Waals surface area contributed by atoms with Gasteiger partial charge in [0.1, 0.15) is 11.5 Å². The van der Waals surface area contributed by atoms with Gasteiger partial charge in [-0.25, -0.2) is 0 Å². The number of hydrogen-bond acceptors (Lipinski definition) is 2. The van der Waals surface area contributed by atoms with Crippen molar-refractivity contribution < 1.29 is 9.47 Å². The Balaban J connectivity index is 2.93. The third kappa shape index (κ3) is 3.31. The largest absolute Gasteiger partial charge is 0.494 e. The van der Waals surface area contributed by atoms with E-state index in [4.69, 9.17) is 9.47 Å². The maximum atomic E-state index is 5.61. The van der Waals surface area contributed by atoms with Crippen LogP contribution in [0.1, 0.15) is 26.3 Å². The van der Waals surface area contributed by atoms with Crippen molar-refractivity contribution in [1.29, 1.82) is 0 Å². The molecule has 0 aliphatic rings. The maximum Gasteiger partial charge on any atom is 0.127 e. The van der Waals surface area contributed by atoms with Crippen LogP contribution in [0.5, 0.6) is 11.5 Å². The van der Waals surface area contributed by atoms with Crippen LogP contribution >= 0.6 is 0 Å². The minimum Gasteiger partial charge on any atom is -0.494 e. The zero-order valence-corrected chi connectivity index (χ0v) is 9.54. The van der Waals surface area contributed by atoms with Crippen molar-refractivity contribution in [3.63, 3.8) is 0 Å². The van der Waals surface area contributed by atoms with Crippen molar-refractivity contribution in [2.45, 2.75) is 26.9 Å². The molecule has 0 spiro atoms. The zero-order valence-electron chi connectivity index (χ0n) is 9.54. The summed E-state index contributed by atoms with van der Waals surface area (Å²) in [5.74, 6) is 1.61. The Kier molecular flexibility index (Phi) is 4.22. The molecule has 1 rings (SSSR count). The van der Waals surface area contributed by atoms with Gasteiger partial charge in [-0.05, 0) is 45.0 Å². The maximum absolute atomic E-state index is 5.61. The van der Waals surface area contributed by atoms with Gasteiger partial charge in [-0.15, -0.1) is 0 Å². The average molecular weight is 205 g/mol. The van der Waals surface area contributed by atoms with Crippen LogP contribution in [0.25, 0.3) is 0 Å². The first-order valence-electron chi connectivity index (χ1n) is 5.14. The van der Waals surface area contributed by atoms with Gasteiger partial charge in [0, 0.05) is 5.56 Å². The fraction of sp³-hybridized carbons (Fsp3) is 0.385. The molecule has 0 aromatic heterocycles. The van der Waals surface area contributed by atoms with Gasteiger partial charge >= 0.3 is 0 Å². The molecule has 0 N–H and O–H groups in total. The van der Waals surface area contributed by atoms with Crippen LogP contribution < -0.4 is 9.47 Å². The molecule has 2 heteroatoms. The van der Waals surface area contributed by atoms with E-state index >= 15 is 0 Å². The van der Waals surface area contributed by atoms with Crippen LogP contribution in [0, 0.1) is 6.08 Å². The van der Waals surface area contributed by atoms with Gasteiger partial charge in [-0.1, -0.05) is 6.58 Å². The molecule has 1 aromatic rings. The number of hydrogen-bond donors (Lipinski definition) is 0. The normalized spacial score (nSPS) is 10.1. The Morgan fingerprint density at radius 2 is 2.13 bits per heavy atom. The minimum absolute atomic E-state index is 0.148. The van der Waals surface area contributed by atoms with Crippen LogP contribution in [0.3, 0.4) is 0 Å². The summed E-state index contributed by atoms with van der Waals surface area (Å²) in [5.41, 5.74) is 0.842. The highest BCUT2D eigenvalue weighted by Crippen LogP contribution is 2.25. The Bertz CT molecular complexity index is 329. The highest BCUT2D eigenvalue weighted by Gasteiger charge is 2.04. The molecule has 81 valence electrons. The van der Waals surface area contributed by atoms with Crippen molar-refractivity contribution in [2.24, 2.45) is 0 Å². The van der Waals surface area contributed by atoms with Crippen molar-refractivity contribution in [2.75, 3.05) is 6.61 Å². The van der Waals surface area contributed by atoms with E-state index in [0.717, 1.165) is 17.1 Å². The second-order valence-corrected chi connectivity index (χ2v) is 3.43. The van der Waals surface area contributed by atoms with Gasteiger partial charge in [0.05, 0.1) is 12.7 Å². The molecule has 0 unspecified atom stereocenters. The molecule has 1 aromatic carbocycles. The van der Waals surface area contributed by atoms with Crippen LogP contribution in [-0.2, 0) is 0 Å². The van der Waals surface area contributed by atoms with Gasteiger partial charge in [0.25, 0.3) is 0 Å². The third-order valence-electron chi connectivity index (χ3n) is 1.82. The SMILES string of the molecule is C=[C]c1cc(OCC)ccc1OC(C)C. The van der Waals surface area contributed by atoms with E-state index in [9.17, 15) is 0 Å². The Morgan fingerprint density at radius 1 is 1.40 bits per heavy atom. The van der Waals surface area contributed by atoms with E-state index in [2.05, 4.69) is 12.7 Å². The fourth-order valence-electron chi connectivity index (χ4n) is 1.26. The average Bonchev–Trinajstić information content (AvgIpc) is 2.20. The molecule has 0 atom stereocenters. The molecule has 0 heterocycles. The quantitative estimate of drug-likeness (QED) is 0.734. The third-order valence-corrected chi connectivity index (χ3v) is 1.82. The Hall–Kier alpha value is -1.44. The molecule has 1 radical (unpaired) electrons. The summed E-state index contributed by atoms with van der Waals surface area (Å²) in [6.07, 6.45) is 2.99. The first kappa shape index (κ1) is 11.6. The summed E-state index contributed by atoms with van der Waals surface area (Å²) in [6, 6.07) is 5.66. The van der Waals surface area contributed by atoms with Crippen molar-refractivity contribution in [3.8, 4) is 11.5 Å². The number of rotatable bonds is 5. The second-order valence-electron chi connectivity index (χ2n) is 3.43. The van der Waals surface area contributed by atoms with E-state index in [0.29, 0.717) is 6.61 Å². The lowest BCUT2D eigenvalue weighted by Crippen LogP contribution is -2.06. The van der Waals surface area contributed by atoms with E-state index in [-0.39, 0.29) is 6.10 Å². The standard InChI is InChI=1S/C13H17O2/c1-5-11-9-12(14-6-2)7-8-13(11)15-10(3)4/h7-10H,1,6H2,2-4H3. The number of ether oxygens (including phenoxy) is 2. The Morgan fingerprint density at radius 3 is 2.67 bits per heavy atom. The smallest absolute Gasteiger partial charge is 0.127 e. The summed E-state index contributed by atoms with van der Waals surface area (Å²) < 4.78 is 11.0. The molecular weight excluding hydrogens is 188 g/mol.